The van der Waals surface area contributed by atoms with Crippen LogP contribution in [0.3, 0.4) is 0 Å². The third-order valence-electron chi connectivity index (χ3n) is 2.66. The highest BCUT2D eigenvalue weighted by atomic mass is 19.3. The zero-order chi connectivity index (χ0) is 13.3. The minimum atomic E-state index is -4.25. The molecule has 17 heavy (non-hydrogen) atoms. The number of halogens is 3. The molecule has 0 aliphatic carbocycles. The second-order valence-corrected chi connectivity index (χ2v) is 3.63. The van der Waals surface area contributed by atoms with Gasteiger partial charge in [0, 0.05) is 5.56 Å². The standard InChI is InChI=1S/C11H12F3NO2/c1-2-10(17,11(13,14)9(15)16)7-5-3-4-6-8(7)12/h3-6,17H,2H2,1H3,(H2,15,16)/t10-/m1/s1. The summed E-state index contributed by atoms with van der Waals surface area (Å²) in [6, 6.07) is 4.50. The Morgan fingerprint density at radius 3 is 2.35 bits per heavy atom. The van der Waals surface area contributed by atoms with E-state index in [4.69, 9.17) is 0 Å². The van der Waals surface area contributed by atoms with Gasteiger partial charge >= 0.3 is 5.92 Å². The molecule has 1 atom stereocenters. The van der Waals surface area contributed by atoms with Gasteiger partial charge < -0.3 is 10.8 Å². The SMILES string of the molecule is CC[C@@](O)(c1ccccc1F)C(F)(F)C(N)=O. The number of amides is 1. The summed E-state index contributed by atoms with van der Waals surface area (Å²) in [5.74, 6) is -7.26. The molecule has 0 heterocycles. The maximum Gasteiger partial charge on any atom is 0.356 e. The molecule has 0 aliphatic rings. The third-order valence-corrected chi connectivity index (χ3v) is 2.66. The predicted octanol–water partition coefficient (Wildman–Crippen LogP) is 1.54. The maximum absolute atomic E-state index is 13.6. The Morgan fingerprint density at radius 1 is 1.41 bits per heavy atom. The number of primary amides is 1. The van der Waals surface area contributed by atoms with Crippen LogP contribution in [0.5, 0.6) is 0 Å². The van der Waals surface area contributed by atoms with Crippen LogP contribution >= 0.6 is 0 Å². The number of benzene rings is 1. The number of rotatable bonds is 4. The van der Waals surface area contributed by atoms with Gasteiger partial charge in [0.15, 0.2) is 5.60 Å². The van der Waals surface area contributed by atoms with E-state index in [1.807, 2.05) is 0 Å². The van der Waals surface area contributed by atoms with Gasteiger partial charge in [-0.2, -0.15) is 8.78 Å². The molecule has 1 aromatic rings. The van der Waals surface area contributed by atoms with Crippen molar-refractivity contribution >= 4 is 5.91 Å². The van der Waals surface area contributed by atoms with Gasteiger partial charge in [0.2, 0.25) is 0 Å². The van der Waals surface area contributed by atoms with Crippen LogP contribution in [0.15, 0.2) is 24.3 Å². The smallest absolute Gasteiger partial charge is 0.356 e. The summed E-state index contributed by atoms with van der Waals surface area (Å²) in [6.07, 6.45) is -0.552. The summed E-state index contributed by atoms with van der Waals surface area (Å²) < 4.78 is 40.6. The van der Waals surface area contributed by atoms with Gasteiger partial charge in [-0.25, -0.2) is 4.39 Å². The van der Waals surface area contributed by atoms with Crippen molar-refractivity contribution < 1.29 is 23.1 Å². The second-order valence-electron chi connectivity index (χ2n) is 3.63. The molecule has 0 aromatic heterocycles. The molecular formula is C11H12F3NO2. The van der Waals surface area contributed by atoms with Crippen molar-refractivity contribution in [1.29, 1.82) is 0 Å². The van der Waals surface area contributed by atoms with Crippen LogP contribution in [-0.2, 0) is 10.4 Å². The minimum absolute atomic E-state index is 0.552. The monoisotopic (exact) mass is 247 g/mol. The van der Waals surface area contributed by atoms with Gasteiger partial charge in [-0.3, -0.25) is 4.79 Å². The van der Waals surface area contributed by atoms with E-state index in [1.165, 1.54) is 19.1 Å². The van der Waals surface area contributed by atoms with E-state index < -0.39 is 35.2 Å². The zero-order valence-corrected chi connectivity index (χ0v) is 9.08. The number of nitrogens with two attached hydrogens (primary N) is 1. The van der Waals surface area contributed by atoms with Crippen LogP contribution < -0.4 is 5.73 Å². The van der Waals surface area contributed by atoms with Gasteiger partial charge in [-0.05, 0) is 12.5 Å². The molecule has 0 fully saturated rings. The molecule has 1 aromatic carbocycles. The molecule has 0 radical (unpaired) electrons. The molecule has 0 saturated heterocycles. The van der Waals surface area contributed by atoms with Crippen molar-refractivity contribution in [2.75, 3.05) is 0 Å². The molecule has 0 bridgehead atoms. The lowest BCUT2D eigenvalue weighted by molar-refractivity contribution is -0.196. The average molecular weight is 247 g/mol. The predicted molar refractivity (Wildman–Crippen MR) is 54.7 cm³/mol. The normalized spacial score (nSPS) is 15.4. The highest BCUT2D eigenvalue weighted by Crippen LogP contribution is 2.41. The molecule has 3 N–H and O–H groups in total. The summed E-state index contributed by atoms with van der Waals surface area (Å²) >= 11 is 0. The lowest BCUT2D eigenvalue weighted by atomic mass is 9.84. The van der Waals surface area contributed by atoms with Crippen LogP contribution in [-0.4, -0.2) is 16.9 Å². The van der Waals surface area contributed by atoms with E-state index in [1.54, 1.807) is 0 Å². The average Bonchev–Trinajstić information content (AvgIpc) is 2.28. The summed E-state index contributed by atoms with van der Waals surface area (Å²) in [6.45, 7) is 1.21. The molecule has 1 rings (SSSR count). The summed E-state index contributed by atoms with van der Waals surface area (Å²) in [5, 5.41) is 9.88. The van der Waals surface area contributed by atoms with Gasteiger partial charge in [-0.15, -0.1) is 0 Å². The molecular weight excluding hydrogens is 235 g/mol. The Labute approximate surface area is 96.0 Å². The van der Waals surface area contributed by atoms with Gasteiger partial charge in [0.1, 0.15) is 5.82 Å². The highest BCUT2D eigenvalue weighted by Gasteiger charge is 2.58. The van der Waals surface area contributed by atoms with Gasteiger partial charge in [0.05, 0.1) is 0 Å². The van der Waals surface area contributed by atoms with Gasteiger partial charge in [0.25, 0.3) is 5.91 Å². The third kappa shape index (κ3) is 2.00. The van der Waals surface area contributed by atoms with Crippen molar-refractivity contribution in [3.8, 4) is 0 Å². The summed E-state index contributed by atoms with van der Waals surface area (Å²) in [4.78, 5) is 10.7. The van der Waals surface area contributed by atoms with Crippen LogP contribution in [0.4, 0.5) is 13.2 Å². The fourth-order valence-corrected chi connectivity index (χ4v) is 1.58. The van der Waals surface area contributed by atoms with Crippen LogP contribution in [0, 0.1) is 5.82 Å². The highest BCUT2D eigenvalue weighted by molar-refractivity contribution is 5.83. The van der Waals surface area contributed by atoms with E-state index in [2.05, 4.69) is 5.73 Å². The number of aliphatic hydroxyl groups is 1. The molecule has 94 valence electrons. The first kappa shape index (κ1) is 13.5. The lowest BCUT2D eigenvalue weighted by Gasteiger charge is -2.33. The number of hydrogen-bond acceptors (Lipinski definition) is 2. The van der Waals surface area contributed by atoms with Crippen LogP contribution in [0.2, 0.25) is 0 Å². The fraction of sp³-hybridized carbons (Fsp3) is 0.364. The van der Waals surface area contributed by atoms with Crippen molar-refractivity contribution in [3.05, 3.63) is 35.6 Å². The Bertz CT molecular complexity index is 436. The topological polar surface area (TPSA) is 63.3 Å². The number of alkyl halides is 2. The molecule has 0 unspecified atom stereocenters. The van der Waals surface area contributed by atoms with Gasteiger partial charge in [-0.1, -0.05) is 25.1 Å². The number of carbonyl (C=O) groups excluding carboxylic acids is 1. The van der Waals surface area contributed by atoms with Crippen molar-refractivity contribution in [3.63, 3.8) is 0 Å². The van der Waals surface area contributed by atoms with Crippen LogP contribution in [0.1, 0.15) is 18.9 Å². The molecule has 0 spiro atoms. The molecule has 6 heteroatoms. The Kier molecular flexibility index (Phi) is 3.47. The summed E-state index contributed by atoms with van der Waals surface area (Å²) in [7, 11) is 0. The minimum Gasteiger partial charge on any atom is -0.378 e. The van der Waals surface area contributed by atoms with Crippen molar-refractivity contribution in [2.24, 2.45) is 5.73 Å². The first-order valence-electron chi connectivity index (χ1n) is 4.92. The quantitative estimate of drug-likeness (QED) is 0.847. The molecule has 0 aliphatic heterocycles. The number of carbonyl (C=O) groups is 1. The van der Waals surface area contributed by atoms with E-state index in [-0.39, 0.29) is 0 Å². The van der Waals surface area contributed by atoms with E-state index in [9.17, 15) is 23.1 Å². The maximum atomic E-state index is 13.6. The van der Waals surface area contributed by atoms with E-state index >= 15 is 0 Å². The summed E-state index contributed by atoms with van der Waals surface area (Å²) in [5.41, 5.74) is 0.961. The fourth-order valence-electron chi connectivity index (χ4n) is 1.58. The lowest BCUT2D eigenvalue weighted by Crippen LogP contribution is -2.53. The Hall–Kier alpha value is -1.56. The van der Waals surface area contributed by atoms with Crippen molar-refractivity contribution in [2.45, 2.75) is 24.9 Å². The van der Waals surface area contributed by atoms with E-state index in [0.29, 0.717) is 0 Å². The second kappa shape index (κ2) is 4.37. The molecule has 3 nitrogen and oxygen atoms in total. The van der Waals surface area contributed by atoms with E-state index in [0.717, 1.165) is 12.1 Å². The zero-order valence-electron chi connectivity index (χ0n) is 9.08. The number of hydrogen-bond donors (Lipinski definition) is 2. The first-order chi connectivity index (χ1) is 7.77. The Morgan fingerprint density at radius 2 is 1.94 bits per heavy atom. The Balaban J connectivity index is 3.41. The molecule has 0 saturated carbocycles. The first-order valence-corrected chi connectivity index (χ1v) is 4.92. The molecule has 1 amide bonds. The van der Waals surface area contributed by atoms with Crippen molar-refractivity contribution in [1.82, 2.24) is 0 Å². The largest absolute Gasteiger partial charge is 0.378 e. The van der Waals surface area contributed by atoms with Crippen LogP contribution in [0.25, 0.3) is 0 Å².